The molecule has 0 spiro atoms. The molecule has 62 valence electrons. The quantitative estimate of drug-likeness (QED) is 0.672. The molecule has 1 rings (SSSR count). The normalized spacial score (nSPS) is 9.50. The van der Waals surface area contributed by atoms with Gasteiger partial charge in [-0.2, -0.15) is 5.26 Å². The van der Waals surface area contributed by atoms with Crippen LogP contribution in [0.5, 0.6) is 0 Å². The number of nitrogens with zero attached hydrogens (tertiary/aromatic N) is 1. The Kier molecular flexibility index (Phi) is 3.28. The van der Waals surface area contributed by atoms with Gasteiger partial charge in [-0.05, 0) is 18.4 Å². The number of hydrogen-bond acceptors (Lipinski definition) is 2. The Morgan fingerprint density at radius 3 is 2.58 bits per heavy atom. The second-order valence-corrected chi connectivity index (χ2v) is 3.66. The zero-order valence-corrected chi connectivity index (χ0v) is 8.59. The summed E-state index contributed by atoms with van der Waals surface area (Å²) in [6.45, 7) is 0. The van der Waals surface area contributed by atoms with Gasteiger partial charge in [0.05, 0.1) is 15.6 Å². The highest BCUT2D eigenvalue weighted by Crippen LogP contribution is 2.34. The lowest BCUT2D eigenvalue weighted by Crippen LogP contribution is -1.82. The van der Waals surface area contributed by atoms with Gasteiger partial charge in [0.2, 0.25) is 0 Å². The van der Waals surface area contributed by atoms with Gasteiger partial charge in [-0.15, -0.1) is 11.8 Å². The highest BCUT2D eigenvalue weighted by atomic mass is 35.5. The van der Waals surface area contributed by atoms with Gasteiger partial charge in [0, 0.05) is 4.90 Å². The summed E-state index contributed by atoms with van der Waals surface area (Å²) in [7, 11) is 0. The van der Waals surface area contributed by atoms with Crippen molar-refractivity contribution in [2.75, 3.05) is 6.26 Å². The molecule has 0 aliphatic heterocycles. The van der Waals surface area contributed by atoms with Crippen LogP contribution in [0.3, 0.4) is 0 Å². The number of thioether (sulfide) groups is 1. The highest BCUT2D eigenvalue weighted by Gasteiger charge is 2.08. The Hall–Kier alpha value is -0.360. The minimum Gasteiger partial charge on any atom is -0.192 e. The Labute approximate surface area is 85.3 Å². The topological polar surface area (TPSA) is 23.8 Å². The van der Waals surface area contributed by atoms with Gasteiger partial charge < -0.3 is 0 Å². The standard InChI is InChI=1S/C8H5Cl2NS/c1-12-8-5(4-11)2-3-6(9)7(8)10/h2-3H,1H3. The summed E-state index contributed by atoms with van der Waals surface area (Å²) in [6.07, 6.45) is 1.86. The Morgan fingerprint density at radius 2 is 2.08 bits per heavy atom. The summed E-state index contributed by atoms with van der Waals surface area (Å²) < 4.78 is 0. The summed E-state index contributed by atoms with van der Waals surface area (Å²) in [5.41, 5.74) is 0.567. The molecule has 0 unspecified atom stereocenters. The molecule has 1 aromatic carbocycles. The third-order valence-electron chi connectivity index (χ3n) is 1.37. The minimum atomic E-state index is 0.461. The first kappa shape index (κ1) is 9.73. The number of rotatable bonds is 1. The largest absolute Gasteiger partial charge is 0.192 e. The average Bonchev–Trinajstić information content (AvgIpc) is 2.09. The molecule has 0 radical (unpaired) electrons. The molecule has 1 aromatic rings. The van der Waals surface area contributed by atoms with Crippen molar-refractivity contribution in [2.24, 2.45) is 0 Å². The fourth-order valence-corrected chi connectivity index (χ4v) is 2.05. The van der Waals surface area contributed by atoms with Crippen LogP contribution in [0.1, 0.15) is 5.56 Å². The highest BCUT2D eigenvalue weighted by molar-refractivity contribution is 7.98. The zero-order valence-electron chi connectivity index (χ0n) is 6.27. The maximum Gasteiger partial charge on any atom is 0.100 e. The van der Waals surface area contributed by atoms with E-state index in [9.17, 15) is 0 Å². The summed E-state index contributed by atoms with van der Waals surface area (Å²) in [4.78, 5) is 0.742. The SMILES string of the molecule is CSc1c(C#N)ccc(Cl)c1Cl. The summed E-state index contributed by atoms with van der Waals surface area (Å²) >= 11 is 13.1. The van der Waals surface area contributed by atoms with Crippen molar-refractivity contribution in [1.29, 1.82) is 5.26 Å². The van der Waals surface area contributed by atoms with Crippen molar-refractivity contribution in [3.8, 4) is 6.07 Å². The van der Waals surface area contributed by atoms with Crippen LogP contribution in [0.2, 0.25) is 10.0 Å². The molecule has 12 heavy (non-hydrogen) atoms. The van der Waals surface area contributed by atoms with Crippen LogP contribution in [-0.4, -0.2) is 6.26 Å². The first-order chi connectivity index (χ1) is 5.70. The molecule has 0 bridgehead atoms. The van der Waals surface area contributed by atoms with Crippen LogP contribution in [-0.2, 0) is 0 Å². The molecule has 1 nitrogen and oxygen atoms in total. The minimum absolute atomic E-state index is 0.461. The first-order valence-corrected chi connectivity index (χ1v) is 5.11. The van der Waals surface area contributed by atoms with Crippen LogP contribution in [0.25, 0.3) is 0 Å². The zero-order chi connectivity index (χ0) is 9.14. The number of benzene rings is 1. The van der Waals surface area contributed by atoms with Gasteiger partial charge in [-0.25, -0.2) is 0 Å². The molecular formula is C8H5Cl2NS. The monoisotopic (exact) mass is 217 g/mol. The van der Waals surface area contributed by atoms with Crippen LogP contribution >= 0.6 is 35.0 Å². The van der Waals surface area contributed by atoms with Gasteiger partial charge in [0.15, 0.2) is 0 Å². The van der Waals surface area contributed by atoms with E-state index < -0.39 is 0 Å². The lowest BCUT2D eigenvalue weighted by Gasteiger charge is -2.03. The third kappa shape index (κ3) is 1.69. The average molecular weight is 218 g/mol. The Bertz CT molecular complexity index is 344. The third-order valence-corrected chi connectivity index (χ3v) is 3.12. The van der Waals surface area contributed by atoms with E-state index in [0.717, 1.165) is 4.90 Å². The smallest absolute Gasteiger partial charge is 0.100 e. The molecule has 0 fully saturated rings. The van der Waals surface area contributed by atoms with Crippen LogP contribution in [0.4, 0.5) is 0 Å². The number of hydrogen-bond donors (Lipinski definition) is 0. The Balaban J connectivity index is 3.38. The fraction of sp³-hybridized carbons (Fsp3) is 0.125. The molecule has 0 N–H and O–H groups in total. The predicted octanol–water partition coefficient (Wildman–Crippen LogP) is 3.59. The van der Waals surface area contributed by atoms with E-state index in [4.69, 9.17) is 28.5 Å². The molecule has 0 atom stereocenters. The van der Waals surface area contributed by atoms with Gasteiger partial charge in [0.25, 0.3) is 0 Å². The maximum absolute atomic E-state index is 8.70. The van der Waals surface area contributed by atoms with E-state index in [1.54, 1.807) is 12.1 Å². The molecule has 0 aliphatic rings. The van der Waals surface area contributed by atoms with Gasteiger partial charge >= 0.3 is 0 Å². The molecular weight excluding hydrogens is 213 g/mol. The Morgan fingerprint density at radius 1 is 1.42 bits per heavy atom. The summed E-state index contributed by atoms with van der Waals surface area (Å²) in [5, 5.41) is 9.65. The van der Waals surface area contributed by atoms with Crippen LogP contribution < -0.4 is 0 Å². The van der Waals surface area contributed by atoms with E-state index in [1.165, 1.54) is 11.8 Å². The molecule has 0 aromatic heterocycles. The van der Waals surface area contributed by atoms with Crippen molar-refractivity contribution in [3.05, 3.63) is 27.7 Å². The van der Waals surface area contributed by atoms with Crippen molar-refractivity contribution < 1.29 is 0 Å². The van der Waals surface area contributed by atoms with E-state index in [1.807, 2.05) is 6.26 Å². The van der Waals surface area contributed by atoms with E-state index in [-0.39, 0.29) is 0 Å². The van der Waals surface area contributed by atoms with Gasteiger partial charge in [-0.3, -0.25) is 0 Å². The van der Waals surface area contributed by atoms with E-state index in [0.29, 0.717) is 15.6 Å². The summed E-state index contributed by atoms with van der Waals surface area (Å²) in [6, 6.07) is 5.34. The maximum atomic E-state index is 8.70. The number of nitriles is 1. The molecule has 0 saturated heterocycles. The molecule has 0 amide bonds. The summed E-state index contributed by atoms with van der Waals surface area (Å²) in [5.74, 6) is 0. The van der Waals surface area contributed by atoms with Gasteiger partial charge in [-0.1, -0.05) is 23.2 Å². The molecule has 0 heterocycles. The van der Waals surface area contributed by atoms with Crippen molar-refractivity contribution >= 4 is 35.0 Å². The van der Waals surface area contributed by atoms with Crippen molar-refractivity contribution in [2.45, 2.75) is 4.90 Å². The first-order valence-electron chi connectivity index (χ1n) is 3.12. The number of halogens is 2. The molecule has 4 heteroatoms. The fourth-order valence-electron chi connectivity index (χ4n) is 0.820. The molecule has 0 saturated carbocycles. The van der Waals surface area contributed by atoms with Gasteiger partial charge in [0.1, 0.15) is 6.07 Å². The molecule has 0 aliphatic carbocycles. The van der Waals surface area contributed by atoms with Crippen LogP contribution in [0.15, 0.2) is 17.0 Å². The van der Waals surface area contributed by atoms with Crippen LogP contribution in [0, 0.1) is 11.3 Å². The van der Waals surface area contributed by atoms with E-state index >= 15 is 0 Å². The lowest BCUT2D eigenvalue weighted by atomic mass is 10.2. The second kappa shape index (κ2) is 4.04. The predicted molar refractivity (Wildman–Crippen MR) is 53.0 cm³/mol. The van der Waals surface area contributed by atoms with Crippen molar-refractivity contribution in [3.63, 3.8) is 0 Å². The second-order valence-electron chi connectivity index (χ2n) is 2.05. The lowest BCUT2D eigenvalue weighted by molar-refractivity contribution is 1.37. The van der Waals surface area contributed by atoms with Crippen molar-refractivity contribution in [1.82, 2.24) is 0 Å². The van der Waals surface area contributed by atoms with E-state index in [2.05, 4.69) is 6.07 Å².